The van der Waals surface area contributed by atoms with Gasteiger partial charge in [0.1, 0.15) is 17.6 Å². The molecule has 5 rings (SSSR count). The Kier molecular flexibility index (Phi) is 8.31. The lowest BCUT2D eigenvalue weighted by molar-refractivity contribution is -0.141. The highest BCUT2D eigenvalue weighted by atomic mass is 79.9. The van der Waals surface area contributed by atoms with Gasteiger partial charge < -0.3 is 15.5 Å². The summed E-state index contributed by atoms with van der Waals surface area (Å²) in [5.41, 5.74) is -0.142. The zero-order chi connectivity index (χ0) is 30.4. The van der Waals surface area contributed by atoms with E-state index in [0.29, 0.717) is 37.4 Å². The molecule has 1 aliphatic heterocycles. The summed E-state index contributed by atoms with van der Waals surface area (Å²) >= 11 is 4.85. The SMILES string of the molecule is C=C[C@@H]1C[C@]1(NC(=O)[C@@H]1CCCN1C(=O)[C@@H](Nc1nc(-c2ccc(Br)cc2)cs1)C(C)(C)C)C(=O)NS(=O)(=O)C1CC1. The van der Waals surface area contributed by atoms with Crippen molar-refractivity contribution in [2.75, 3.05) is 11.9 Å². The van der Waals surface area contributed by atoms with Gasteiger partial charge in [-0.3, -0.25) is 19.1 Å². The molecular weight excluding hydrogens is 642 g/mol. The third-order valence-corrected chi connectivity index (χ3v) is 11.2. The van der Waals surface area contributed by atoms with Gasteiger partial charge in [-0.1, -0.05) is 54.9 Å². The van der Waals surface area contributed by atoms with Gasteiger partial charge in [-0.2, -0.15) is 0 Å². The monoisotopic (exact) mass is 677 g/mol. The van der Waals surface area contributed by atoms with Crippen LogP contribution in [-0.2, 0) is 24.4 Å². The van der Waals surface area contributed by atoms with Crippen molar-refractivity contribution < 1.29 is 22.8 Å². The number of carbonyl (C=O) groups excluding carboxylic acids is 3. The minimum Gasteiger partial charge on any atom is -0.349 e. The standard InChI is InChI=1S/C29H36BrN5O5S2/c1-5-18-15-29(18,26(38)34-42(39,40)20-12-13-20)33-24(36)22-7-6-14-35(22)25(37)23(28(2,3)4)32-27-31-21(16-41-27)17-8-10-19(30)11-9-17/h5,8-11,16,18,20,22-23H,1,6-7,12-15H2,2-4H3,(H,31,32)(H,33,36)(H,34,38)/t18-,22+,23-,29-/m1/s1. The van der Waals surface area contributed by atoms with E-state index < -0.39 is 56.0 Å². The fraction of sp³-hybridized carbons (Fsp3) is 0.517. The van der Waals surface area contributed by atoms with Crippen molar-refractivity contribution in [3.63, 3.8) is 0 Å². The van der Waals surface area contributed by atoms with E-state index >= 15 is 0 Å². The first-order valence-corrected chi connectivity index (χ1v) is 17.3. The number of likely N-dealkylation sites (tertiary alicyclic amines) is 1. The van der Waals surface area contributed by atoms with E-state index in [0.717, 1.165) is 15.7 Å². The van der Waals surface area contributed by atoms with Crippen LogP contribution in [-0.4, -0.2) is 65.4 Å². The number of hydrogen-bond acceptors (Lipinski definition) is 8. The Labute approximate surface area is 258 Å². The summed E-state index contributed by atoms with van der Waals surface area (Å²) in [5.74, 6) is -1.84. The summed E-state index contributed by atoms with van der Waals surface area (Å²) in [5, 5.41) is 8.10. The van der Waals surface area contributed by atoms with Crippen molar-refractivity contribution in [2.45, 2.75) is 75.7 Å². The van der Waals surface area contributed by atoms with Crippen LogP contribution in [0.3, 0.4) is 0 Å². The van der Waals surface area contributed by atoms with E-state index in [1.54, 1.807) is 11.0 Å². The maximum atomic E-state index is 14.0. The summed E-state index contributed by atoms with van der Waals surface area (Å²) in [4.78, 5) is 47.0. The van der Waals surface area contributed by atoms with Crippen LogP contribution < -0.4 is 15.4 Å². The number of aromatic nitrogens is 1. The fourth-order valence-electron chi connectivity index (χ4n) is 5.35. The smallest absolute Gasteiger partial charge is 0.259 e. The van der Waals surface area contributed by atoms with Crippen LogP contribution in [0.2, 0.25) is 0 Å². The highest BCUT2D eigenvalue weighted by molar-refractivity contribution is 9.10. The number of sulfonamides is 1. The summed E-state index contributed by atoms with van der Waals surface area (Å²) in [6.45, 7) is 10.0. The number of benzene rings is 1. The molecule has 1 saturated heterocycles. The minimum atomic E-state index is -3.78. The van der Waals surface area contributed by atoms with Gasteiger partial charge in [0.2, 0.25) is 21.8 Å². The normalized spacial score (nSPS) is 24.5. The average Bonchev–Trinajstić information content (AvgIpc) is 3.80. The van der Waals surface area contributed by atoms with Crippen LogP contribution in [0.25, 0.3) is 11.3 Å². The highest BCUT2D eigenvalue weighted by Gasteiger charge is 2.61. The molecule has 0 bridgehead atoms. The van der Waals surface area contributed by atoms with Crippen LogP contribution in [0, 0.1) is 11.3 Å². The highest BCUT2D eigenvalue weighted by Crippen LogP contribution is 2.45. The van der Waals surface area contributed by atoms with Crippen molar-refractivity contribution >= 4 is 60.1 Å². The first-order chi connectivity index (χ1) is 19.7. The molecule has 2 saturated carbocycles. The van der Waals surface area contributed by atoms with Crippen LogP contribution in [0.1, 0.15) is 52.9 Å². The average molecular weight is 679 g/mol. The van der Waals surface area contributed by atoms with Crippen LogP contribution in [0.15, 0.2) is 46.8 Å². The number of amides is 3. The second-order valence-electron chi connectivity index (χ2n) is 12.4. The third-order valence-electron chi connectivity index (χ3n) is 8.11. The molecule has 13 heteroatoms. The predicted molar refractivity (Wildman–Crippen MR) is 166 cm³/mol. The third kappa shape index (κ3) is 6.28. The largest absolute Gasteiger partial charge is 0.349 e. The molecule has 0 radical (unpaired) electrons. The van der Waals surface area contributed by atoms with E-state index in [-0.39, 0.29) is 12.3 Å². The Bertz CT molecular complexity index is 1500. The van der Waals surface area contributed by atoms with Crippen molar-refractivity contribution in [3.8, 4) is 11.3 Å². The van der Waals surface area contributed by atoms with E-state index in [2.05, 4.69) is 37.9 Å². The van der Waals surface area contributed by atoms with E-state index in [4.69, 9.17) is 4.98 Å². The quantitative estimate of drug-likeness (QED) is 0.323. The van der Waals surface area contributed by atoms with Gasteiger partial charge >= 0.3 is 0 Å². The number of nitrogens with one attached hydrogen (secondary N) is 3. The summed E-state index contributed by atoms with van der Waals surface area (Å²) in [7, 11) is -3.78. The molecule has 0 unspecified atom stereocenters. The van der Waals surface area contributed by atoms with E-state index in [9.17, 15) is 22.8 Å². The molecule has 1 aromatic heterocycles. The fourth-order valence-corrected chi connectivity index (χ4v) is 7.73. The molecule has 2 aliphatic carbocycles. The number of rotatable bonds is 10. The molecule has 3 fully saturated rings. The molecule has 42 heavy (non-hydrogen) atoms. The van der Waals surface area contributed by atoms with Gasteiger partial charge in [0.05, 0.1) is 10.9 Å². The topological polar surface area (TPSA) is 138 Å². The van der Waals surface area contributed by atoms with Crippen molar-refractivity contribution in [1.29, 1.82) is 0 Å². The summed E-state index contributed by atoms with van der Waals surface area (Å²) < 4.78 is 28.0. The van der Waals surface area contributed by atoms with Crippen LogP contribution in [0.5, 0.6) is 0 Å². The predicted octanol–water partition coefficient (Wildman–Crippen LogP) is 4.06. The molecule has 10 nitrogen and oxygen atoms in total. The Morgan fingerprint density at radius 1 is 1.19 bits per heavy atom. The number of thiazole rings is 1. The zero-order valence-corrected chi connectivity index (χ0v) is 27.1. The zero-order valence-electron chi connectivity index (χ0n) is 23.9. The number of halogens is 1. The lowest BCUT2D eigenvalue weighted by atomic mass is 9.85. The second-order valence-corrected chi connectivity index (χ2v) is 16.1. The summed E-state index contributed by atoms with van der Waals surface area (Å²) in [6, 6.07) is 6.37. The minimum absolute atomic E-state index is 0.230. The maximum absolute atomic E-state index is 14.0. The molecule has 3 N–H and O–H groups in total. The molecule has 3 amide bonds. The van der Waals surface area contributed by atoms with Crippen LogP contribution in [0.4, 0.5) is 5.13 Å². The Morgan fingerprint density at radius 2 is 1.88 bits per heavy atom. The first kappa shape index (κ1) is 30.7. The van der Waals surface area contributed by atoms with Gasteiger partial charge in [-0.15, -0.1) is 17.9 Å². The van der Waals surface area contributed by atoms with Gasteiger partial charge in [0.25, 0.3) is 5.91 Å². The number of hydrogen-bond donors (Lipinski definition) is 3. The molecule has 226 valence electrons. The molecule has 3 aliphatic rings. The maximum Gasteiger partial charge on any atom is 0.259 e. The Morgan fingerprint density at radius 3 is 2.48 bits per heavy atom. The molecule has 2 heterocycles. The van der Waals surface area contributed by atoms with Crippen molar-refractivity contribution in [3.05, 3.63) is 46.8 Å². The van der Waals surface area contributed by atoms with Gasteiger partial charge in [-0.25, -0.2) is 13.4 Å². The van der Waals surface area contributed by atoms with Crippen molar-refractivity contribution in [1.82, 2.24) is 19.9 Å². The van der Waals surface area contributed by atoms with Gasteiger partial charge in [0.15, 0.2) is 5.13 Å². The molecular formula is C29H36BrN5O5S2. The molecule has 4 atom stereocenters. The lowest BCUT2D eigenvalue weighted by Gasteiger charge is -2.35. The number of carbonyl (C=O) groups is 3. The van der Waals surface area contributed by atoms with Gasteiger partial charge in [-0.05, 0) is 49.7 Å². The lowest BCUT2D eigenvalue weighted by Crippen LogP contribution is -2.58. The first-order valence-electron chi connectivity index (χ1n) is 14.0. The van der Waals surface area contributed by atoms with E-state index in [1.807, 2.05) is 50.4 Å². The number of anilines is 1. The molecule has 2 aromatic rings. The Balaban J connectivity index is 1.30. The Hall–Kier alpha value is -2.77. The van der Waals surface area contributed by atoms with Gasteiger partial charge in [0, 0.05) is 27.9 Å². The second kappa shape index (κ2) is 11.4. The van der Waals surface area contributed by atoms with Crippen molar-refractivity contribution in [2.24, 2.45) is 11.3 Å². The summed E-state index contributed by atoms with van der Waals surface area (Å²) in [6.07, 6.45) is 3.91. The van der Waals surface area contributed by atoms with E-state index in [1.165, 1.54) is 11.3 Å². The molecule has 1 aromatic carbocycles. The number of nitrogens with zero attached hydrogens (tertiary/aromatic N) is 2. The van der Waals surface area contributed by atoms with Crippen LogP contribution >= 0.6 is 27.3 Å². The molecule has 0 spiro atoms.